The van der Waals surface area contributed by atoms with E-state index in [1.807, 2.05) is 37.3 Å². The predicted molar refractivity (Wildman–Crippen MR) is 86.9 cm³/mol. The SMILES string of the molecule is COc1ccc(/C=C(C)/C=N/OCC(=O)OC(C)(C)C)cc1. The third kappa shape index (κ3) is 7.47. The molecule has 0 aliphatic heterocycles. The van der Waals surface area contributed by atoms with Crippen LogP contribution in [0.1, 0.15) is 33.3 Å². The minimum Gasteiger partial charge on any atom is -0.497 e. The van der Waals surface area contributed by atoms with Crippen molar-refractivity contribution >= 4 is 18.3 Å². The minimum atomic E-state index is -0.520. The molecule has 22 heavy (non-hydrogen) atoms. The van der Waals surface area contributed by atoms with Crippen molar-refractivity contribution in [2.75, 3.05) is 13.7 Å². The maximum Gasteiger partial charge on any atom is 0.347 e. The van der Waals surface area contributed by atoms with E-state index in [1.165, 1.54) is 0 Å². The Morgan fingerprint density at radius 1 is 1.23 bits per heavy atom. The molecule has 0 atom stereocenters. The van der Waals surface area contributed by atoms with Crippen LogP contribution in [0.3, 0.4) is 0 Å². The van der Waals surface area contributed by atoms with Gasteiger partial charge in [0.2, 0.25) is 6.61 Å². The lowest BCUT2D eigenvalue weighted by Gasteiger charge is -2.18. The van der Waals surface area contributed by atoms with Crippen LogP contribution >= 0.6 is 0 Å². The highest BCUT2D eigenvalue weighted by Crippen LogP contribution is 2.13. The summed E-state index contributed by atoms with van der Waals surface area (Å²) in [5.41, 5.74) is 1.40. The zero-order chi connectivity index (χ0) is 16.6. The van der Waals surface area contributed by atoms with Crippen molar-refractivity contribution in [2.45, 2.75) is 33.3 Å². The summed E-state index contributed by atoms with van der Waals surface area (Å²) in [4.78, 5) is 16.3. The summed E-state index contributed by atoms with van der Waals surface area (Å²) < 4.78 is 10.2. The predicted octanol–water partition coefficient (Wildman–Crippen LogP) is 3.44. The largest absolute Gasteiger partial charge is 0.497 e. The first kappa shape index (κ1) is 17.8. The second-order valence-electron chi connectivity index (χ2n) is 5.76. The normalized spacial score (nSPS) is 12.3. The molecule has 0 amide bonds. The molecule has 1 aromatic carbocycles. The van der Waals surface area contributed by atoms with E-state index in [-0.39, 0.29) is 6.61 Å². The van der Waals surface area contributed by atoms with Crippen LogP contribution in [-0.2, 0) is 14.4 Å². The summed E-state index contributed by atoms with van der Waals surface area (Å²) in [5, 5.41) is 3.75. The van der Waals surface area contributed by atoms with Gasteiger partial charge in [-0.3, -0.25) is 0 Å². The Morgan fingerprint density at radius 2 is 1.86 bits per heavy atom. The lowest BCUT2D eigenvalue weighted by Crippen LogP contribution is -2.26. The highest BCUT2D eigenvalue weighted by Gasteiger charge is 2.16. The number of hydrogen-bond acceptors (Lipinski definition) is 5. The molecule has 0 radical (unpaired) electrons. The van der Waals surface area contributed by atoms with Gasteiger partial charge in [0.1, 0.15) is 11.4 Å². The van der Waals surface area contributed by atoms with Crippen LogP contribution in [0.4, 0.5) is 0 Å². The highest BCUT2D eigenvalue weighted by atomic mass is 16.7. The van der Waals surface area contributed by atoms with E-state index in [2.05, 4.69) is 5.16 Å². The molecule has 0 aromatic heterocycles. The average molecular weight is 305 g/mol. The van der Waals surface area contributed by atoms with Crippen LogP contribution in [0.2, 0.25) is 0 Å². The summed E-state index contributed by atoms with van der Waals surface area (Å²) in [6.07, 6.45) is 3.49. The molecular formula is C17H23NO4. The number of rotatable bonds is 6. The molecule has 5 nitrogen and oxygen atoms in total. The first-order valence-corrected chi connectivity index (χ1v) is 7.00. The number of esters is 1. The smallest absolute Gasteiger partial charge is 0.347 e. The van der Waals surface area contributed by atoms with Crippen LogP contribution in [0, 0.1) is 0 Å². The van der Waals surface area contributed by atoms with Crippen LogP contribution in [-0.4, -0.2) is 31.5 Å². The van der Waals surface area contributed by atoms with Gasteiger partial charge in [0.05, 0.1) is 13.3 Å². The topological polar surface area (TPSA) is 57.1 Å². The monoisotopic (exact) mass is 305 g/mol. The minimum absolute atomic E-state index is 0.205. The van der Waals surface area contributed by atoms with Crippen molar-refractivity contribution in [2.24, 2.45) is 5.16 Å². The first-order valence-electron chi connectivity index (χ1n) is 7.00. The maximum atomic E-state index is 11.4. The fourth-order valence-electron chi connectivity index (χ4n) is 1.58. The number of benzene rings is 1. The Hall–Kier alpha value is -2.30. The maximum absolute atomic E-state index is 11.4. The molecule has 0 spiro atoms. The van der Waals surface area contributed by atoms with Crippen molar-refractivity contribution < 1.29 is 19.1 Å². The van der Waals surface area contributed by atoms with Gasteiger partial charge < -0.3 is 14.3 Å². The van der Waals surface area contributed by atoms with Crippen molar-refractivity contribution in [3.63, 3.8) is 0 Å². The second kappa shape index (κ2) is 8.22. The molecule has 0 fully saturated rings. The Labute approximate surface area is 131 Å². The molecular weight excluding hydrogens is 282 g/mol. The van der Waals surface area contributed by atoms with E-state index >= 15 is 0 Å². The van der Waals surface area contributed by atoms with Gasteiger partial charge in [-0.25, -0.2) is 4.79 Å². The molecule has 0 aliphatic carbocycles. The van der Waals surface area contributed by atoms with Crippen LogP contribution in [0.5, 0.6) is 5.75 Å². The number of allylic oxidation sites excluding steroid dienone is 1. The van der Waals surface area contributed by atoms with Crippen LogP contribution in [0.25, 0.3) is 6.08 Å². The van der Waals surface area contributed by atoms with Gasteiger partial charge in [-0.2, -0.15) is 0 Å². The van der Waals surface area contributed by atoms with Gasteiger partial charge in [0, 0.05) is 0 Å². The number of carbonyl (C=O) groups is 1. The molecule has 0 unspecified atom stereocenters. The molecule has 1 rings (SSSR count). The van der Waals surface area contributed by atoms with E-state index in [0.717, 1.165) is 16.9 Å². The molecule has 0 saturated carbocycles. The summed E-state index contributed by atoms with van der Waals surface area (Å²) in [7, 11) is 1.63. The van der Waals surface area contributed by atoms with Gasteiger partial charge in [0.15, 0.2) is 0 Å². The molecule has 5 heteroatoms. The third-order valence-electron chi connectivity index (χ3n) is 2.44. The summed E-state index contributed by atoms with van der Waals surface area (Å²) >= 11 is 0. The van der Waals surface area contributed by atoms with Crippen LogP contribution in [0.15, 0.2) is 35.0 Å². The summed E-state index contributed by atoms with van der Waals surface area (Å²) in [6, 6.07) is 7.65. The molecule has 0 bridgehead atoms. The summed E-state index contributed by atoms with van der Waals surface area (Å²) in [5.74, 6) is 0.366. The molecule has 0 heterocycles. The van der Waals surface area contributed by atoms with Gasteiger partial charge >= 0.3 is 5.97 Å². The van der Waals surface area contributed by atoms with Crippen molar-refractivity contribution in [1.29, 1.82) is 0 Å². The zero-order valence-corrected chi connectivity index (χ0v) is 13.8. The van der Waals surface area contributed by atoms with Gasteiger partial charge in [-0.1, -0.05) is 23.4 Å². The fraction of sp³-hybridized carbons (Fsp3) is 0.412. The third-order valence-corrected chi connectivity index (χ3v) is 2.44. The van der Waals surface area contributed by atoms with Crippen LogP contribution < -0.4 is 4.74 Å². The average Bonchev–Trinajstić information content (AvgIpc) is 2.42. The Kier molecular flexibility index (Phi) is 6.63. The number of ether oxygens (including phenoxy) is 2. The fourth-order valence-corrected chi connectivity index (χ4v) is 1.58. The second-order valence-corrected chi connectivity index (χ2v) is 5.76. The standard InChI is InChI=1S/C17H23NO4/c1-13(10-14-6-8-15(20-5)9-7-14)11-18-21-12-16(19)22-17(2,3)4/h6-11H,12H2,1-5H3/b13-10+,18-11+. The lowest BCUT2D eigenvalue weighted by molar-refractivity contribution is -0.160. The number of carbonyl (C=O) groups excluding carboxylic acids is 1. The van der Waals surface area contributed by atoms with E-state index in [0.29, 0.717) is 0 Å². The van der Waals surface area contributed by atoms with Gasteiger partial charge in [-0.15, -0.1) is 0 Å². The number of oxime groups is 1. The molecule has 0 N–H and O–H groups in total. The molecule has 0 aliphatic rings. The van der Waals surface area contributed by atoms with Crippen molar-refractivity contribution in [1.82, 2.24) is 0 Å². The number of hydrogen-bond donors (Lipinski definition) is 0. The first-order chi connectivity index (χ1) is 10.3. The molecule has 0 saturated heterocycles. The Balaban J connectivity index is 2.44. The van der Waals surface area contributed by atoms with E-state index < -0.39 is 11.6 Å². The van der Waals surface area contributed by atoms with Crippen molar-refractivity contribution in [3.05, 3.63) is 35.4 Å². The number of nitrogens with zero attached hydrogens (tertiary/aromatic N) is 1. The summed E-state index contributed by atoms with van der Waals surface area (Å²) in [6.45, 7) is 7.09. The molecule has 1 aromatic rings. The Bertz CT molecular complexity index is 539. The van der Waals surface area contributed by atoms with Crippen molar-refractivity contribution in [3.8, 4) is 5.75 Å². The highest BCUT2D eigenvalue weighted by molar-refractivity contribution is 5.84. The van der Waals surface area contributed by atoms with E-state index in [1.54, 1.807) is 34.1 Å². The van der Waals surface area contributed by atoms with Gasteiger partial charge in [0.25, 0.3) is 0 Å². The quantitative estimate of drug-likeness (QED) is 0.459. The Morgan fingerprint density at radius 3 is 2.41 bits per heavy atom. The van der Waals surface area contributed by atoms with E-state index in [4.69, 9.17) is 14.3 Å². The lowest BCUT2D eigenvalue weighted by atomic mass is 10.1. The zero-order valence-electron chi connectivity index (χ0n) is 13.8. The van der Waals surface area contributed by atoms with E-state index in [9.17, 15) is 4.79 Å². The molecule has 120 valence electrons. The van der Waals surface area contributed by atoms with Gasteiger partial charge in [-0.05, 0) is 51.0 Å². The number of methoxy groups -OCH3 is 1.